The molecule has 0 saturated carbocycles. The summed E-state index contributed by atoms with van der Waals surface area (Å²) in [5.74, 6) is 0. The van der Waals surface area contributed by atoms with Crippen molar-refractivity contribution in [1.29, 1.82) is 0 Å². The van der Waals surface area contributed by atoms with Crippen LogP contribution in [0.2, 0.25) is 0 Å². The summed E-state index contributed by atoms with van der Waals surface area (Å²) in [5, 5.41) is 4.83. The summed E-state index contributed by atoms with van der Waals surface area (Å²) in [6.07, 6.45) is 0. The topological polar surface area (TPSA) is 21.3 Å². The first-order valence-electron chi connectivity index (χ1n) is 15.9. The van der Waals surface area contributed by atoms with Crippen LogP contribution >= 0.6 is 0 Å². The molecule has 0 atom stereocenters. The molecular formula is C41H31BN2O. The van der Waals surface area contributed by atoms with Crippen molar-refractivity contribution in [2.45, 2.75) is 33.1 Å². The molecular weight excluding hydrogens is 547 g/mol. The van der Waals surface area contributed by atoms with E-state index in [0.29, 0.717) is 0 Å². The smallest absolute Gasteiger partial charge is 0.333 e. The molecule has 2 aromatic heterocycles. The van der Waals surface area contributed by atoms with Gasteiger partial charge in [0.05, 0.1) is 5.52 Å². The molecule has 0 radical (unpaired) electrons. The van der Waals surface area contributed by atoms with E-state index in [4.69, 9.17) is 4.42 Å². The largest absolute Gasteiger partial charge is 0.454 e. The predicted molar refractivity (Wildman–Crippen MR) is 191 cm³/mol. The lowest BCUT2D eigenvalue weighted by Crippen LogP contribution is -2.60. The molecule has 0 N–H and O–H groups in total. The summed E-state index contributed by atoms with van der Waals surface area (Å²) in [6.45, 7) is 9.08. The Balaban J connectivity index is 1.38. The van der Waals surface area contributed by atoms with Crippen molar-refractivity contribution in [2.75, 3.05) is 4.81 Å². The second-order valence-corrected chi connectivity index (χ2v) is 13.9. The fourth-order valence-corrected chi connectivity index (χ4v) is 8.09. The van der Waals surface area contributed by atoms with Gasteiger partial charge in [-0.05, 0) is 99.3 Å². The van der Waals surface area contributed by atoms with Gasteiger partial charge in [0.1, 0.15) is 11.1 Å². The number of anilines is 2. The van der Waals surface area contributed by atoms with E-state index in [0.717, 1.165) is 22.1 Å². The van der Waals surface area contributed by atoms with Crippen molar-refractivity contribution in [1.82, 2.24) is 4.57 Å². The van der Waals surface area contributed by atoms with E-state index in [1.165, 1.54) is 71.9 Å². The molecule has 4 heteroatoms. The van der Waals surface area contributed by atoms with Gasteiger partial charge in [-0.1, -0.05) is 87.5 Å². The van der Waals surface area contributed by atoms with Gasteiger partial charge in [-0.15, -0.1) is 0 Å². The Morgan fingerprint density at radius 1 is 0.644 bits per heavy atom. The van der Waals surface area contributed by atoms with Crippen LogP contribution in [0.25, 0.3) is 60.6 Å². The lowest BCUT2D eigenvalue weighted by Gasteiger charge is -2.42. The zero-order valence-corrected chi connectivity index (χ0v) is 25.8. The molecule has 0 amide bonds. The summed E-state index contributed by atoms with van der Waals surface area (Å²) in [6, 6.07) is 42.9. The van der Waals surface area contributed by atoms with Crippen molar-refractivity contribution in [3.63, 3.8) is 0 Å². The van der Waals surface area contributed by atoms with Gasteiger partial charge in [-0.2, -0.15) is 0 Å². The van der Waals surface area contributed by atoms with Crippen molar-refractivity contribution in [3.8, 4) is 16.8 Å². The van der Waals surface area contributed by atoms with Crippen LogP contribution in [-0.2, 0) is 5.41 Å². The van der Waals surface area contributed by atoms with E-state index in [1.54, 1.807) is 0 Å². The van der Waals surface area contributed by atoms with Gasteiger partial charge >= 0.3 is 6.85 Å². The standard InChI is InChI=1S/C41H31BN2O/c1-24-20-32-31-22-25-10-5-6-11-26(25)23-34(31)44(28-18-16-27(17-19-28)41(2,3)4)42-33-14-9-13-30-38(33)43(35(21-24)37(32)42)39-29-12-7-8-15-36(29)45-40(30)39/h5-23H,1-4H3. The van der Waals surface area contributed by atoms with Crippen molar-refractivity contribution in [2.24, 2.45) is 0 Å². The lowest BCUT2D eigenvalue weighted by atomic mass is 9.44. The molecule has 2 aliphatic rings. The van der Waals surface area contributed by atoms with Crippen LogP contribution in [0.1, 0.15) is 31.9 Å². The van der Waals surface area contributed by atoms with Crippen molar-refractivity contribution < 1.29 is 4.42 Å². The summed E-state index contributed by atoms with van der Waals surface area (Å²) in [7, 11) is 0. The highest BCUT2D eigenvalue weighted by molar-refractivity contribution is 6.93. The van der Waals surface area contributed by atoms with Crippen molar-refractivity contribution in [3.05, 3.63) is 126 Å². The minimum Gasteiger partial charge on any atom is -0.454 e. The molecule has 0 aliphatic carbocycles. The molecule has 0 unspecified atom stereocenters. The second-order valence-electron chi connectivity index (χ2n) is 13.9. The van der Waals surface area contributed by atoms with Gasteiger partial charge in [-0.3, -0.25) is 0 Å². The van der Waals surface area contributed by atoms with Crippen LogP contribution in [-0.4, -0.2) is 11.4 Å². The Bertz CT molecular complexity index is 2540. The fraction of sp³-hybridized carbons (Fsp3) is 0.122. The maximum absolute atomic E-state index is 6.63. The quantitative estimate of drug-likeness (QED) is 0.181. The molecule has 0 fully saturated rings. The minimum atomic E-state index is 0.00576. The van der Waals surface area contributed by atoms with Gasteiger partial charge < -0.3 is 13.8 Å². The molecule has 10 rings (SSSR count). The fourth-order valence-electron chi connectivity index (χ4n) is 8.09. The van der Waals surface area contributed by atoms with Gasteiger partial charge in [0, 0.05) is 33.4 Å². The zero-order chi connectivity index (χ0) is 30.2. The Morgan fingerprint density at radius 2 is 1.38 bits per heavy atom. The maximum Gasteiger partial charge on any atom is 0.333 e. The Labute approximate surface area is 262 Å². The van der Waals surface area contributed by atoms with Gasteiger partial charge in [0.2, 0.25) is 0 Å². The highest BCUT2D eigenvalue weighted by Crippen LogP contribution is 2.47. The normalized spacial score (nSPS) is 13.7. The first kappa shape index (κ1) is 25.1. The van der Waals surface area contributed by atoms with E-state index in [-0.39, 0.29) is 12.3 Å². The highest BCUT2D eigenvalue weighted by atomic mass is 16.3. The SMILES string of the molecule is Cc1cc2c3c(c1)-n1c4c(cccc4c4oc5ccccc5c41)B3N(c1ccc(C(C)(C)C)cc1)c1cc3ccccc3cc1-2. The third kappa shape index (κ3) is 3.26. The molecule has 0 spiro atoms. The van der Waals surface area contributed by atoms with Crippen LogP contribution in [0.4, 0.5) is 11.4 Å². The van der Waals surface area contributed by atoms with Gasteiger partial charge in [-0.25, -0.2) is 0 Å². The first-order valence-corrected chi connectivity index (χ1v) is 15.9. The Kier molecular flexibility index (Phi) is 4.74. The maximum atomic E-state index is 6.63. The molecule has 6 aromatic carbocycles. The van der Waals surface area contributed by atoms with E-state index < -0.39 is 0 Å². The van der Waals surface area contributed by atoms with Crippen LogP contribution in [0, 0.1) is 6.92 Å². The monoisotopic (exact) mass is 578 g/mol. The Hall–Kier alpha value is -5.22. The minimum absolute atomic E-state index is 0.00576. The predicted octanol–water partition coefficient (Wildman–Crippen LogP) is 9.53. The van der Waals surface area contributed by atoms with Crippen LogP contribution < -0.4 is 15.7 Å². The number of hydrogen-bond acceptors (Lipinski definition) is 2. The van der Waals surface area contributed by atoms with Crippen LogP contribution in [0.15, 0.2) is 120 Å². The number of aryl methyl sites for hydroxylation is 1. The highest BCUT2D eigenvalue weighted by Gasteiger charge is 2.44. The van der Waals surface area contributed by atoms with Crippen molar-refractivity contribution >= 4 is 72.9 Å². The third-order valence-corrected chi connectivity index (χ3v) is 10.1. The summed E-state index contributed by atoms with van der Waals surface area (Å²) in [4.78, 5) is 2.60. The number of hydrogen-bond donors (Lipinski definition) is 0. The summed E-state index contributed by atoms with van der Waals surface area (Å²) < 4.78 is 9.13. The summed E-state index contributed by atoms with van der Waals surface area (Å²) in [5.41, 5.74) is 15.9. The number of benzene rings is 6. The van der Waals surface area contributed by atoms with E-state index in [1.807, 2.05) is 0 Å². The molecule has 0 bridgehead atoms. The average Bonchev–Trinajstić information content (AvgIpc) is 3.58. The molecule has 214 valence electrons. The van der Waals surface area contributed by atoms with Gasteiger partial charge in [0.15, 0.2) is 5.58 Å². The number of fused-ring (bicyclic) bond motifs is 10. The third-order valence-electron chi connectivity index (χ3n) is 10.1. The molecule has 8 aromatic rings. The molecule has 2 aliphatic heterocycles. The average molecular weight is 579 g/mol. The lowest BCUT2D eigenvalue weighted by molar-refractivity contribution is 0.590. The van der Waals surface area contributed by atoms with E-state index >= 15 is 0 Å². The number of rotatable bonds is 1. The van der Waals surface area contributed by atoms with Crippen LogP contribution in [0.5, 0.6) is 0 Å². The number of furan rings is 1. The van der Waals surface area contributed by atoms with E-state index in [9.17, 15) is 0 Å². The number of para-hydroxylation sites is 2. The van der Waals surface area contributed by atoms with E-state index in [2.05, 4.69) is 152 Å². The number of nitrogens with zero attached hydrogens (tertiary/aromatic N) is 2. The van der Waals surface area contributed by atoms with Gasteiger partial charge in [0.25, 0.3) is 0 Å². The zero-order valence-electron chi connectivity index (χ0n) is 25.8. The number of aromatic nitrogens is 1. The summed E-state index contributed by atoms with van der Waals surface area (Å²) >= 11 is 0. The Morgan fingerprint density at radius 3 is 2.18 bits per heavy atom. The molecule has 3 nitrogen and oxygen atoms in total. The second kappa shape index (κ2) is 8.48. The molecule has 4 heterocycles. The molecule has 45 heavy (non-hydrogen) atoms. The van der Waals surface area contributed by atoms with Crippen LogP contribution in [0.3, 0.4) is 0 Å². The first-order chi connectivity index (χ1) is 21.9. The molecule has 0 saturated heterocycles.